The molecule has 0 fully saturated rings. The SMILES string of the molecule is Cc1ccc(OCn2cc(NC(=O)c3ccc(COc4ccc(Cl)cc4)o3)cn2)c(C)c1. The van der Waals surface area contributed by atoms with Gasteiger partial charge in [0, 0.05) is 5.02 Å². The van der Waals surface area contributed by atoms with Gasteiger partial charge in [0.1, 0.15) is 23.9 Å². The first-order valence-electron chi connectivity index (χ1n) is 9.97. The van der Waals surface area contributed by atoms with E-state index in [2.05, 4.69) is 16.5 Å². The van der Waals surface area contributed by atoms with Gasteiger partial charge in [-0.15, -0.1) is 0 Å². The van der Waals surface area contributed by atoms with Gasteiger partial charge in [0.2, 0.25) is 0 Å². The number of carbonyl (C=O) groups excluding carboxylic acids is 1. The van der Waals surface area contributed by atoms with E-state index in [4.69, 9.17) is 25.5 Å². The lowest BCUT2D eigenvalue weighted by Gasteiger charge is -2.09. The average Bonchev–Trinajstić information content (AvgIpc) is 3.42. The van der Waals surface area contributed by atoms with E-state index in [1.54, 1.807) is 53.5 Å². The molecule has 0 saturated carbocycles. The summed E-state index contributed by atoms with van der Waals surface area (Å²) in [4.78, 5) is 12.5. The summed E-state index contributed by atoms with van der Waals surface area (Å²) < 4.78 is 18.6. The van der Waals surface area contributed by atoms with E-state index >= 15 is 0 Å². The third-order valence-corrected chi connectivity index (χ3v) is 4.91. The summed E-state index contributed by atoms with van der Waals surface area (Å²) >= 11 is 5.86. The van der Waals surface area contributed by atoms with Crippen LogP contribution >= 0.6 is 11.6 Å². The van der Waals surface area contributed by atoms with Crippen molar-refractivity contribution in [2.45, 2.75) is 27.2 Å². The summed E-state index contributed by atoms with van der Waals surface area (Å²) in [6.07, 6.45) is 3.24. The monoisotopic (exact) mass is 451 g/mol. The average molecular weight is 452 g/mol. The Balaban J connectivity index is 1.29. The Morgan fingerprint density at radius 3 is 2.69 bits per heavy atom. The standard InChI is InChI=1S/C24H22ClN3O4/c1-16-3-9-22(17(2)11-16)31-15-28-13-19(12-26-28)27-24(29)23-10-8-21(32-23)14-30-20-6-4-18(25)5-7-20/h3-13H,14-15H2,1-2H3,(H,27,29). The number of aryl methyl sites for hydroxylation is 2. The molecule has 8 heteroatoms. The van der Waals surface area contributed by atoms with Gasteiger partial charge in [-0.25, -0.2) is 4.68 Å². The summed E-state index contributed by atoms with van der Waals surface area (Å²) in [5.41, 5.74) is 2.77. The van der Waals surface area contributed by atoms with Gasteiger partial charge in [-0.3, -0.25) is 4.79 Å². The Kier molecular flexibility index (Phi) is 6.47. The summed E-state index contributed by atoms with van der Waals surface area (Å²) in [7, 11) is 0. The molecule has 2 heterocycles. The maximum atomic E-state index is 12.5. The number of halogens is 1. The number of amides is 1. The van der Waals surface area contributed by atoms with Crippen LogP contribution in [0.5, 0.6) is 11.5 Å². The van der Waals surface area contributed by atoms with Crippen LogP contribution < -0.4 is 14.8 Å². The van der Waals surface area contributed by atoms with Crippen molar-refractivity contribution >= 4 is 23.2 Å². The van der Waals surface area contributed by atoms with Crippen LogP contribution in [0.15, 0.2) is 71.4 Å². The molecule has 4 aromatic rings. The second kappa shape index (κ2) is 9.62. The van der Waals surface area contributed by atoms with Gasteiger partial charge in [0.15, 0.2) is 12.5 Å². The molecule has 1 N–H and O–H groups in total. The van der Waals surface area contributed by atoms with Crippen molar-refractivity contribution in [1.29, 1.82) is 0 Å². The second-order valence-corrected chi connectivity index (χ2v) is 7.71. The van der Waals surface area contributed by atoms with Crippen LogP contribution in [0.2, 0.25) is 5.02 Å². The lowest BCUT2D eigenvalue weighted by Crippen LogP contribution is -2.10. The molecule has 0 spiro atoms. The van der Waals surface area contributed by atoms with Gasteiger partial charge in [0.05, 0.1) is 18.1 Å². The van der Waals surface area contributed by atoms with Gasteiger partial charge in [0.25, 0.3) is 5.91 Å². The molecule has 164 valence electrons. The lowest BCUT2D eigenvalue weighted by molar-refractivity contribution is 0.0992. The smallest absolute Gasteiger partial charge is 0.291 e. The van der Waals surface area contributed by atoms with Crippen LogP contribution in [0.25, 0.3) is 0 Å². The van der Waals surface area contributed by atoms with E-state index in [-0.39, 0.29) is 25.0 Å². The normalized spacial score (nSPS) is 10.7. The van der Waals surface area contributed by atoms with E-state index in [0.29, 0.717) is 22.2 Å². The van der Waals surface area contributed by atoms with Crippen molar-refractivity contribution in [3.05, 3.63) is 94.7 Å². The topological polar surface area (TPSA) is 78.5 Å². The first-order valence-corrected chi connectivity index (χ1v) is 10.3. The van der Waals surface area contributed by atoms with Crippen LogP contribution in [0.3, 0.4) is 0 Å². The second-order valence-electron chi connectivity index (χ2n) is 7.27. The maximum Gasteiger partial charge on any atom is 0.291 e. The zero-order valence-corrected chi connectivity index (χ0v) is 18.4. The predicted molar refractivity (Wildman–Crippen MR) is 121 cm³/mol. The molecule has 0 saturated heterocycles. The van der Waals surface area contributed by atoms with Crippen molar-refractivity contribution < 1.29 is 18.7 Å². The molecule has 0 aliphatic carbocycles. The van der Waals surface area contributed by atoms with Crippen molar-refractivity contribution in [2.24, 2.45) is 0 Å². The van der Waals surface area contributed by atoms with Gasteiger partial charge >= 0.3 is 0 Å². The molecule has 0 aliphatic heterocycles. The molecule has 0 bridgehead atoms. The van der Waals surface area contributed by atoms with Gasteiger partial charge in [-0.1, -0.05) is 29.3 Å². The Bertz CT molecular complexity index is 1210. The summed E-state index contributed by atoms with van der Waals surface area (Å²) in [6, 6.07) is 16.3. The quantitative estimate of drug-likeness (QED) is 0.376. The van der Waals surface area contributed by atoms with Crippen LogP contribution in [0.4, 0.5) is 5.69 Å². The number of hydrogen-bond donors (Lipinski definition) is 1. The van der Waals surface area contributed by atoms with Gasteiger partial charge in [-0.05, 0) is 61.9 Å². The van der Waals surface area contributed by atoms with Gasteiger partial charge in [-0.2, -0.15) is 5.10 Å². The minimum absolute atomic E-state index is 0.180. The molecule has 32 heavy (non-hydrogen) atoms. The third-order valence-electron chi connectivity index (χ3n) is 4.65. The predicted octanol–water partition coefficient (Wildman–Crippen LogP) is 5.61. The Labute approximate surface area is 190 Å². The van der Waals surface area contributed by atoms with E-state index in [9.17, 15) is 4.79 Å². The van der Waals surface area contributed by atoms with Crippen LogP contribution in [-0.4, -0.2) is 15.7 Å². The van der Waals surface area contributed by atoms with Crippen molar-refractivity contribution in [3.63, 3.8) is 0 Å². The minimum Gasteiger partial charge on any atom is -0.486 e. The molecule has 4 rings (SSSR count). The zero-order chi connectivity index (χ0) is 22.5. The number of furan rings is 1. The summed E-state index contributed by atoms with van der Waals surface area (Å²) in [5, 5.41) is 7.61. The molecule has 0 aliphatic rings. The van der Waals surface area contributed by atoms with Crippen molar-refractivity contribution in [3.8, 4) is 11.5 Å². The number of rotatable bonds is 8. The molecule has 0 atom stereocenters. The summed E-state index contributed by atoms with van der Waals surface area (Å²) in [5.74, 6) is 1.78. The van der Waals surface area contributed by atoms with E-state index in [1.165, 1.54) is 5.56 Å². The van der Waals surface area contributed by atoms with Crippen LogP contribution in [-0.2, 0) is 13.3 Å². The lowest BCUT2D eigenvalue weighted by atomic mass is 10.1. The Hall–Kier alpha value is -3.71. The highest BCUT2D eigenvalue weighted by atomic mass is 35.5. The first kappa shape index (κ1) is 21.5. The molecule has 0 radical (unpaired) electrons. The molecule has 2 aromatic heterocycles. The van der Waals surface area contributed by atoms with Gasteiger partial charge < -0.3 is 19.2 Å². The van der Waals surface area contributed by atoms with E-state index < -0.39 is 0 Å². The number of anilines is 1. The van der Waals surface area contributed by atoms with Crippen molar-refractivity contribution in [2.75, 3.05) is 5.32 Å². The Morgan fingerprint density at radius 1 is 1.09 bits per heavy atom. The number of hydrogen-bond acceptors (Lipinski definition) is 5. The highest BCUT2D eigenvalue weighted by molar-refractivity contribution is 6.30. The Morgan fingerprint density at radius 2 is 1.91 bits per heavy atom. The highest BCUT2D eigenvalue weighted by Gasteiger charge is 2.13. The van der Waals surface area contributed by atoms with E-state index in [1.807, 2.05) is 26.0 Å². The number of nitrogens with zero attached hydrogens (tertiary/aromatic N) is 2. The molecular formula is C24H22ClN3O4. The molecule has 2 aromatic carbocycles. The highest BCUT2D eigenvalue weighted by Crippen LogP contribution is 2.20. The number of benzene rings is 2. The minimum atomic E-state index is -0.377. The third kappa shape index (κ3) is 5.50. The number of ether oxygens (including phenoxy) is 2. The number of aromatic nitrogens is 2. The fourth-order valence-corrected chi connectivity index (χ4v) is 3.18. The molecular weight excluding hydrogens is 430 g/mol. The van der Waals surface area contributed by atoms with Crippen LogP contribution in [0.1, 0.15) is 27.4 Å². The number of carbonyl (C=O) groups is 1. The number of nitrogens with one attached hydrogen (secondary N) is 1. The maximum absolute atomic E-state index is 12.5. The fourth-order valence-electron chi connectivity index (χ4n) is 3.05. The fraction of sp³-hybridized carbons (Fsp3) is 0.167. The zero-order valence-electron chi connectivity index (χ0n) is 17.7. The van der Waals surface area contributed by atoms with Crippen molar-refractivity contribution in [1.82, 2.24) is 9.78 Å². The summed E-state index contributed by atoms with van der Waals surface area (Å²) in [6.45, 7) is 4.46. The molecule has 1 amide bonds. The van der Waals surface area contributed by atoms with Crippen LogP contribution in [0, 0.1) is 13.8 Å². The first-order chi connectivity index (χ1) is 15.5. The molecule has 7 nitrogen and oxygen atoms in total. The van der Waals surface area contributed by atoms with E-state index in [0.717, 1.165) is 11.3 Å². The molecule has 0 unspecified atom stereocenters. The largest absolute Gasteiger partial charge is 0.486 e.